The summed E-state index contributed by atoms with van der Waals surface area (Å²) in [6.45, 7) is 8.61. The van der Waals surface area contributed by atoms with Gasteiger partial charge in [0.05, 0.1) is 7.11 Å². The number of hydrogen-bond donors (Lipinski definition) is 1. The van der Waals surface area contributed by atoms with Crippen LogP contribution in [-0.2, 0) is 0 Å². The SMILES string of the molecule is COc1c(C)cc([C@@H](N)CCC(C)C)cc1C. The van der Waals surface area contributed by atoms with Gasteiger partial charge in [-0.2, -0.15) is 0 Å². The molecule has 1 aromatic carbocycles. The van der Waals surface area contributed by atoms with E-state index in [1.54, 1.807) is 7.11 Å². The van der Waals surface area contributed by atoms with E-state index < -0.39 is 0 Å². The van der Waals surface area contributed by atoms with Gasteiger partial charge >= 0.3 is 0 Å². The first-order valence-electron chi connectivity index (χ1n) is 6.36. The smallest absolute Gasteiger partial charge is 0.124 e. The van der Waals surface area contributed by atoms with Crippen LogP contribution in [0.4, 0.5) is 0 Å². The minimum Gasteiger partial charge on any atom is -0.496 e. The standard InChI is InChI=1S/C15H25NO/c1-10(2)6-7-14(16)13-8-11(3)15(17-5)12(4)9-13/h8-10,14H,6-7,16H2,1-5H3/t14-/m0/s1. The maximum absolute atomic E-state index is 6.23. The van der Waals surface area contributed by atoms with Crippen molar-refractivity contribution in [3.63, 3.8) is 0 Å². The Balaban J connectivity index is 2.84. The Hall–Kier alpha value is -1.02. The molecule has 1 aromatic rings. The molecule has 0 saturated carbocycles. The molecule has 1 rings (SSSR count). The van der Waals surface area contributed by atoms with Gasteiger partial charge in [-0.15, -0.1) is 0 Å². The molecule has 0 aliphatic carbocycles. The van der Waals surface area contributed by atoms with Gasteiger partial charge in [0, 0.05) is 6.04 Å². The van der Waals surface area contributed by atoms with Crippen LogP contribution in [0.25, 0.3) is 0 Å². The molecule has 0 spiro atoms. The second-order valence-corrected chi connectivity index (χ2v) is 5.27. The Morgan fingerprint density at radius 1 is 1.12 bits per heavy atom. The molecule has 1 atom stereocenters. The van der Waals surface area contributed by atoms with Gasteiger partial charge in [0.25, 0.3) is 0 Å². The lowest BCUT2D eigenvalue weighted by atomic mass is 9.95. The fourth-order valence-electron chi connectivity index (χ4n) is 2.20. The molecule has 2 N–H and O–H groups in total. The zero-order chi connectivity index (χ0) is 13.0. The third-order valence-electron chi connectivity index (χ3n) is 3.17. The monoisotopic (exact) mass is 235 g/mol. The summed E-state index contributed by atoms with van der Waals surface area (Å²) in [5, 5.41) is 0. The normalized spacial score (nSPS) is 12.9. The lowest BCUT2D eigenvalue weighted by Gasteiger charge is -2.17. The minimum absolute atomic E-state index is 0.140. The van der Waals surface area contributed by atoms with Crippen molar-refractivity contribution in [3.8, 4) is 5.75 Å². The highest BCUT2D eigenvalue weighted by Gasteiger charge is 2.11. The van der Waals surface area contributed by atoms with Crippen molar-refractivity contribution in [1.82, 2.24) is 0 Å². The van der Waals surface area contributed by atoms with E-state index in [9.17, 15) is 0 Å². The van der Waals surface area contributed by atoms with Gasteiger partial charge in [-0.1, -0.05) is 26.0 Å². The maximum Gasteiger partial charge on any atom is 0.124 e. The van der Waals surface area contributed by atoms with Crippen molar-refractivity contribution in [2.45, 2.75) is 46.6 Å². The number of rotatable bonds is 5. The van der Waals surface area contributed by atoms with E-state index in [0.717, 1.165) is 12.2 Å². The fourth-order valence-corrected chi connectivity index (χ4v) is 2.20. The Kier molecular flexibility index (Phi) is 5.01. The molecule has 0 aromatic heterocycles. The zero-order valence-electron chi connectivity index (χ0n) is 11.7. The van der Waals surface area contributed by atoms with Crippen molar-refractivity contribution < 1.29 is 4.74 Å². The molecule has 0 fully saturated rings. The van der Waals surface area contributed by atoms with Gasteiger partial charge < -0.3 is 10.5 Å². The highest BCUT2D eigenvalue weighted by Crippen LogP contribution is 2.28. The number of benzene rings is 1. The summed E-state index contributed by atoms with van der Waals surface area (Å²) >= 11 is 0. The lowest BCUT2D eigenvalue weighted by Crippen LogP contribution is -2.12. The van der Waals surface area contributed by atoms with E-state index in [1.807, 2.05) is 0 Å². The van der Waals surface area contributed by atoms with E-state index in [1.165, 1.54) is 23.1 Å². The summed E-state index contributed by atoms with van der Waals surface area (Å²) < 4.78 is 5.37. The van der Waals surface area contributed by atoms with Crippen molar-refractivity contribution in [2.75, 3.05) is 7.11 Å². The first-order valence-corrected chi connectivity index (χ1v) is 6.36. The highest BCUT2D eigenvalue weighted by atomic mass is 16.5. The summed E-state index contributed by atoms with van der Waals surface area (Å²) in [5.41, 5.74) is 9.79. The third kappa shape index (κ3) is 3.74. The molecule has 96 valence electrons. The first kappa shape index (κ1) is 14.0. The lowest BCUT2D eigenvalue weighted by molar-refractivity contribution is 0.408. The number of methoxy groups -OCH3 is 1. The molecular formula is C15H25NO. The summed E-state index contributed by atoms with van der Waals surface area (Å²) in [4.78, 5) is 0. The molecule has 0 bridgehead atoms. The molecule has 0 radical (unpaired) electrons. The van der Waals surface area contributed by atoms with E-state index in [-0.39, 0.29) is 6.04 Å². The van der Waals surface area contributed by atoms with Crippen LogP contribution in [0.15, 0.2) is 12.1 Å². The van der Waals surface area contributed by atoms with Crippen LogP contribution < -0.4 is 10.5 Å². The number of ether oxygens (including phenoxy) is 1. The van der Waals surface area contributed by atoms with Gasteiger partial charge in [-0.3, -0.25) is 0 Å². The van der Waals surface area contributed by atoms with Crippen LogP contribution in [-0.4, -0.2) is 7.11 Å². The van der Waals surface area contributed by atoms with Crippen LogP contribution in [0.2, 0.25) is 0 Å². The van der Waals surface area contributed by atoms with E-state index in [0.29, 0.717) is 5.92 Å². The van der Waals surface area contributed by atoms with Gasteiger partial charge in [0.2, 0.25) is 0 Å². The van der Waals surface area contributed by atoms with Gasteiger partial charge in [0.1, 0.15) is 5.75 Å². The summed E-state index contributed by atoms with van der Waals surface area (Å²) in [6.07, 6.45) is 2.22. The second-order valence-electron chi connectivity index (χ2n) is 5.27. The third-order valence-corrected chi connectivity index (χ3v) is 3.17. The average Bonchev–Trinajstić information content (AvgIpc) is 2.25. The Bertz CT molecular complexity index is 348. The molecule has 0 heterocycles. The quantitative estimate of drug-likeness (QED) is 0.843. The average molecular weight is 235 g/mol. The largest absolute Gasteiger partial charge is 0.496 e. The molecule has 17 heavy (non-hydrogen) atoms. The van der Waals surface area contributed by atoms with Crippen LogP contribution in [0.3, 0.4) is 0 Å². The highest BCUT2D eigenvalue weighted by molar-refractivity contribution is 5.44. The predicted molar refractivity (Wildman–Crippen MR) is 73.5 cm³/mol. The van der Waals surface area contributed by atoms with Crippen molar-refractivity contribution in [3.05, 3.63) is 28.8 Å². The zero-order valence-corrected chi connectivity index (χ0v) is 11.7. The summed E-state index contributed by atoms with van der Waals surface area (Å²) in [7, 11) is 1.72. The van der Waals surface area contributed by atoms with E-state index in [2.05, 4.69) is 39.8 Å². The topological polar surface area (TPSA) is 35.2 Å². The van der Waals surface area contributed by atoms with Crippen molar-refractivity contribution >= 4 is 0 Å². The van der Waals surface area contributed by atoms with Gasteiger partial charge in [-0.25, -0.2) is 0 Å². The van der Waals surface area contributed by atoms with Crippen LogP contribution in [0.5, 0.6) is 5.75 Å². The van der Waals surface area contributed by atoms with Crippen LogP contribution in [0.1, 0.15) is 49.4 Å². The van der Waals surface area contributed by atoms with E-state index >= 15 is 0 Å². The van der Waals surface area contributed by atoms with E-state index in [4.69, 9.17) is 10.5 Å². The molecule has 2 nitrogen and oxygen atoms in total. The van der Waals surface area contributed by atoms with Crippen LogP contribution >= 0.6 is 0 Å². The maximum atomic E-state index is 6.23. The van der Waals surface area contributed by atoms with Crippen LogP contribution in [0, 0.1) is 19.8 Å². The molecular weight excluding hydrogens is 210 g/mol. The molecule has 2 heteroatoms. The summed E-state index contributed by atoms with van der Waals surface area (Å²) in [5.74, 6) is 1.69. The first-order chi connectivity index (χ1) is 7.95. The predicted octanol–water partition coefficient (Wildman–Crippen LogP) is 3.75. The van der Waals surface area contributed by atoms with Crippen molar-refractivity contribution in [2.24, 2.45) is 11.7 Å². The molecule has 0 aliphatic heterocycles. The Morgan fingerprint density at radius 2 is 1.65 bits per heavy atom. The Labute approximate surface area is 105 Å². The second kappa shape index (κ2) is 6.06. The Morgan fingerprint density at radius 3 is 2.06 bits per heavy atom. The molecule has 0 aliphatic rings. The van der Waals surface area contributed by atoms with Gasteiger partial charge in [0.15, 0.2) is 0 Å². The van der Waals surface area contributed by atoms with Gasteiger partial charge in [-0.05, 0) is 49.3 Å². The molecule has 0 unspecified atom stereocenters. The minimum atomic E-state index is 0.140. The van der Waals surface area contributed by atoms with Crippen molar-refractivity contribution in [1.29, 1.82) is 0 Å². The number of aryl methyl sites for hydroxylation is 2. The molecule has 0 saturated heterocycles. The summed E-state index contributed by atoms with van der Waals surface area (Å²) in [6, 6.07) is 4.44. The fraction of sp³-hybridized carbons (Fsp3) is 0.600. The number of nitrogens with two attached hydrogens (primary N) is 1. The molecule has 0 amide bonds. The number of hydrogen-bond acceptors (Lipinski definition) is 2.